The summed E-state index contributed by atoms with van der Waals surface area (Å²) in [5.41, 5.74) is 6.90. The monoisotopic (exact) mass is 241 g/mol. The topological polar surface area (TPSA) is 50.9 Å². The van der Waals surface area contributed by atoms with Gasteiger partial charge in [-0.1, -0.05) is 6.42 Å². The fourth-order valence-electron chi connectivity index (χ4n) is 1.58. The second kappa shape index (κ2) is 7.76. The van der Waals surface area contributed by atoms with Crippen molar-refractivity contribution in [2.75, 3.05) is 13.1 Å². The van der Waals surface area contributed by atoms with Gasteiger partial charge < -0.3 is 11.1 Å². The molecule has 0 aromatic carbocycles. The van der Waals surface area contributed by atoms with E-state index < -0.39 is 0 Å². The van der Waals surface area contributed by atoms with E-state index in [4.69, 9.17) is 5.73 Å². The summed E-state index contributed by atoms with van der Waals surface area (Å²) in [4.78, 5) is 4.43. The van der Waals surface area contributed by atoms with Gasteiger partial charge in [-0.3, -0.25) is 0 Å². The molecule has 0 spiro atoms. The number of aromatic nitrogens is 1. The van der Waals surface area contributed by atoms with Gasteiger partial charge in [0.1, 0.15) is 0 Å². The van der Waals surface area contributed by atoms with Crippen molar-refractivity contribution in [1.29, 1.82) is 0 Å². The van der Waals surface area contributed by atoms with Crippen molar-refractivity contribution in [2.45, 2.75) is 45.6 Å². The number of thiazole rings is 1. The minimum atomic E-state index is 0.345. The number of hydrogen-bond donors (Lipinski definition) is 2. The first-order chi connectivity index (χ1) is 7.68. The Kier molecular flexibility index (Phi) is 6.61. The van der Waals surface area contributed by atoms with E-state index in [9.17, 15) is 0 Å². The van der Waals surface area contributed by atoms with Gasteiger partial charge in [-0.25, -0.2) is 4.98 Å². The predicted octanol–water partition coefficient (Wildman–Crippen LogP) is 2.10. The Morgan fingerprint density at radius 2 is 2.25 bits per heavy atom. The van der Waals surface area contributed by atoms with Crippen molar-refractivity contribution in [3.63, 3.8) is 0 Å². The van der Waals surface area contributed by atoms with Gasteiger partial charge in [-0.15, -0.1) is 11.3 Å². The third-order valence-corrected chi connectivity index (χ3v) is 3.31. The second-order valence-electron chi connectivity index (χ2n) is 4.33. The lowest BCUT2D eigenvalue weighted by molar-refractivity contribution is 0.563. The van der Waals surface area contributed by atoms with E-state index in [1.54, 1.807) is 11.3 Å². The predicted molar refractivity (Wildman–Crippen MR) is 70.9 cm³/mol. The van der Waals surface area contributed by atoms with Crippen LogP contribution in [0.4, 0.5) is 0 Å². The first-order valence-corrected chi connectivity index (χ1v) is 6.93. The highest BCUT2D eigenvalue weighted by molar-refractivity contribution is 7.09. The number of rotatable bonds is 8. The molecule has 3 nitrogen and oxygen atoms in total. The molecule has 1 heterocycles. The summed E-state index contributed by atoms with van der Waals surface area (Å²) < 4.78 is 0. The van der Waals surface area contributed by atoms with E-state index in [0.717, 1.165) is 30.9 Å². The van der Waals surface area contributed by atoms with Crippen LogP contribution < -0.4 is 11.1 Å². The number of unbranched alkanes of at least 4 members (excludes halogenated alkanes) is 1. The molecule has 16 heavy (non-hydrogen) atoms. The molecule has 92 valence electrons. The summed E-state index contributed by atoms with van der Waals surface area (Å²) >= 11 is 1.73. The van der Waals surface area contributed by atoms with E-state index in [-0.39, 0.29) is 0 Å². The van der Waals surface area contributed by atoms with Crippen LogP contribution in [0, 0.1) is 6.92 Å². The molecular formula is C12H23N3S. The summed E-state index contributed by atoms with van der Waals surface area (Å²) in [6, 6.07) is 0.345. The van der Waals surface area contributed by atoms with Crippen LogP contribution in [0.3, 0.4) is 0 Å². The molecule has 0 radical (unpaired) electrons. The van der Waals surface area contributed by atoms with Gasteiger partial charge in [0.05, 0.1) is 10.7 Å². The van der Waals surface area contributed by atoms with Crippen molar-refractivity contribution < 1.29 is 0 Å². The van der Waals surface area contributed by atoms with Crippen LogP contribution in [0.2, 0.25) is 0 Å². The van der Waals surface area contributed by atoms with Gasteiger partial charge >= 0.3 is 0 Å². The fraction of sp³-hybridized carbons (Fsp3) is 0.750. The molecule has 3 N–H and O–H groups in total. The molecule has 0 aliphatic carbocycles. The molecule has 0 bridgehead atoms. The third kappa shape index (κ3) is 6.20. The highest BCUT2D eigenvalue weighted by Gasteiger charge is 1.98. The van der Waals surface area contributed by atoms with Crippen LogP contribution in [0.15, 0.2) is 5.38 Å². The maximum Gasteiger partial charge on any atom is 0.0897 e. The summed E-state index contributed by atoms with van der Waals surface area (Å²) in [5, 5.41) is 6.75. The van der Waals surface area contributed by atoms with E-state index in [2.05, 4.69) is 29.5 Å². The summed E-state index contributed by atoms with van der Waals surface area (Å²) in [6.45, 7) is 6.24. The smallest absolute Gasteiger partial charge is 0.0897 e. The largest absolute Gasteiger partial charge is 0.328 e. The zero-order valence-electron chi connectivity index (χ0n) is 10.3. The zero-order chi connectivity index (χ0) is 11.8. The molecule has 0 amide bonds. The lowest BCUT2D eigenvalue weighted by Gasteiger charge is -2.05. The minimum absolute atomic E-state index is 0.345. The van der Waals surface area contributed by atoms with E-state index in [0.29, 0.717) is 6.04 Å². The number of nitrogens with two attached hydrogens (primary N) is 1. The summed E-state index contributed by atoms with van der Waals surface area (Å²) in [7, 11) is 0. The third-order valence-electron chi connectivity index (χ3n) is 2.49. The van der Waals surface area contributed by atoms with Gasteiger partial charge in [0.2, 0.25) is 0 Å². The SMILES string of the molecule is Cc1nc(CCNCCCCC(C)N)cs1. The van der Waals surface area contributed by atoms with Gasteiger partial charge in [0, 0.05) is 24.4 Å². The van der Waals surface area contributed by atoms with Gasteiger partial charge in [0.15, 0.2) is 0 Å². The molecule has 0 fully saturated rings. The number of aryl methyl sites for hydroxylation is 1. The van der Waals surface area contributed by atoms with Crippen LogP contribution in [-0.4, -0.2) is 24.1 Å². The quantitative estimate of drug-likeness (QED) is 0.685. The first-order valence-electron chi connectivity index (χ1n) is 6.06. The average molecular weight is 241 g/mol. The van der Waals surface area contributed by atoms with Crippen LogP contribution >= 0.6 is 11.3 Å². The first kappa shape index (κ1) is 13.6. The number of hydrogen-bond acceptors (Lipinski definition) is 4. The van der Waals surface area contributed by atoms with Crippen molar-refractivity contribution in [3.05, 3.63) is 16.1 Å². The normalized spacial score (nSPS) is 12.9. The Bertz CT molecular complexity index is 284. The number of nitrogens with one attached hydrogen (secondary N) is 1. The summed E-state index contributed by atoms with van der Waals surface area (Å²) in [6.07, 6.45) is 4.61. The Labute approximate surface area is 102 Å². The van der Waals surface area contributed by atoms with Gasteiger partial charge in [0.25, 0.3) is 0 Å². The Morgan fingerprint density at radius 3 is 2.88 bits per heavy atom. The fourth-order valence-corrected chi connectivity index (χ4v) is 2.23. The van der Waals surface area contributed by atoms with E-state index >= 15 is 0 Å². The van der Waals surface area contributed by atoms with Gasteiger partial charge in [-0.2, -0.15) is 0 Å². The van der Waals surface area contributed by atoms with Crippen molar-refractivity contribution in [1.82, 2.24) is 10.3 Å². The van der Waals surface area contributed by atoms with E-state index in [1.165, 1.54) is 18.5 Å². The van der Waals surface area contributed by atoms with Crippen LogP contribution in [0.1, 0.15) is 36.9 Å². The Morgan fingerprint density at radius 1 is 1.44 bits per heavy atom. The molecule has 1 unspecified atom stereocenters. The molecular weight excluding hydrogens is 218 g/mol. The van der Waals surface area contributed by atoms with Crippen molar-refractivity contribution in [3.8, 4) is 0 Å². The molecule has 1 atom stereocenters. The number of nitrogens with zero attached hydrogens (tertiary/aromatic N) is 1. The Hall–Kier alpha value is -0.450. The van der Waals surface area contributed by atoms with Crippen LogP contribution in [0.25, 0.3) is 0 Å². The van der Waals surface area contributed by atoms with E-state index in [1.807, 2.05) is 0 Å². The highest BCUT2D eigenvalue weighted by Crippen LogP contribution is 2.07. The van der Waals surface area contributed by atoms with Crippen molar-refractivity contribution >= 4 is 11.3 Å². The lowest BCUT2D eigenvalue weighted by atomic mass is 10.1. The highest BCUT2D eigenvalue weighted by atomic mass is 32.1. The zero-order valence-corrected chi connectivity index (χ0v) is 11.1. The Balaban J connectivity index is 1.92. The molecule has 0 aliphatic heterocycles. The molecule has 0 saturated carbocycles. The van der Waals surface area contributed by atoms with Crippen LogP contribution in [0.5, 0.6) is 0 Å². The van der Waals surface area contributed by atoms with Crippen LogP contribution in [-0.2, 0) is 6.42 Å². The molecule has 1 rings (SSSR count). The summed E-state index contributed by atoms with van der Waals surface area (Å²) in [5.74, 6) is 0. The maximum atomic E-state index is 5.68. The van der Waals surface area contributed by atoms with Crippen molar-refractivity contribution in [2.24, 2.45) is 5.73 Å². The standard InChI is InChI=1S/C12H23N3S/c1-10(13)5-3-4-7-14-8-6-12-9-16-11(2)15-12/h9-10,14H,3-8,13H2,1-2H3. The van der Waals surface area contributed by atoms with Gasteiger partial charge in [-0.05, 0) is 33.2 Å². The molecule has 0 aliphatic rings. The maximum absolute atomic E-state index is 5.68. The minimum Gasteiger partial charge on any atom is -0.328 e. The molecule has 4 heteroatoms. The molecule has 0 saturated heterocycles. The lowest BCUT2D eigenvalue weighted by Crippen LogP contribution is -2.20. The molecule has 1 aromatic heterocycles. The second-order valence-corrected chi connectivity index (χ2v) is 5.39. The average Bonchev–Trinajstić information content (AvgIpc) is 2.62. The molecule has 1 aromatic rings.